The summed E-state index contributed by atoms with van der Waals surface area (Å²) in [4.78, 5) is 19.4. The lowest BCUT2D eigenvalue weighted by atomic mass is 10.3. The highest BCUT2D eigenvalue weighted by molar-refractivity contribution is 5.86. The van der Waals surface area contributed by atoms with Crippen molar-refractivity contribution in [2.75, 3.05) is 6.61 Å². The predicted molar refractivity (Wildman–Crippen MR) is 40.3 cm³/mol. The molecule has 0 atom stereocenters. The SMILES string of the molecule is CCC=C(N)C(=O)OOCC. The van der Waals surface area contributed by atoms with Crippen LogP contribution in [0.5, 0.6) is 0 Å². The lowest BCUT2D eigenvalue weighted by Gasteiger charge is -1.99. The van der Waals surface area contributed by atoms with E-state index in [9.17, 15) is 4.79 Å². The highest BCUT2D eigenvalue weighted by Gasteiger charge is 2.05. The van der Waals surface area contributed by atoms with Gasteiger partial charge in [0.1, 0.15) is 5.70 Å². The van der Waals surface area contributed by atoms with Crippen molar-refractivity contribution in [2.24, 2.45) is 5.73 Å². The summed E-state index contributed by atoms with van der Waals surface area (Å²) in [5, 5.41) is 0. The highest BCUT2D eigenvalue weighted by atomic mass is 17.2. The van der Waals surface area contributed by atoms with Gasteiger partial charge >= 0.3 is 5.97 Å². The van der Waals surface area contributed by atoms with Crippen LogP contribution in [-0.2, 0) is 14.6 Å². The normalized spacial score (nSPS) is 11.3. The van der Waals surface area contributed by atoms with Crippen LogP contribution in [0.15, 0.2) is 11.8 Å². The van der Waals surface area contributed by atoms with Crippen molar-refractivity contribution in [1.82, 2.24) is 0 Å². The smallest absolute Gasteiger partial charge is 0.388 e. The zero-order valence-electron chi connectivity index (χ0n) is 6.79. The lowest BCUT2D eigenvalue weighted by molar-refractivity contribution is -0.265. The Bertz CT molecular complexity index is 154. The molecule has 0 aromatic heterocycles. The summed E-state index contributed by atoms with van der Waals surface area (Å²) in [6.45, 7) is 3.92. The van der Waals surface area contributed by atoms with Crippen molar-refractivity contribution in [1.29, 1.82) is 0 Å². The minimum absolute atomic E-state index is 0.0842. The van der Waals surface area contributed by atoms with E-state index in [2.05, 4.69) is 9.78 Å². The van der Waals surface area contributed by atoms with Crippen molar-refractivity contribution in [3.63, 3.8) is 0 Å². The molecule has 0 unspecified atom stereocenters. The van der Waals surface area contributed by atoms with E-state index in [-0.39, 0.29) is 5.70 Å². The second-order valence-corrected chi connectivity index (χ2v) is 1.85. The molecule has 0 saturated carbocycles. The summed E-state index contributed by atoms with van der Waals surface area (Å²) in [5.74, 6) is -0.631. The lowest BCUT2D eigenvalue weighted by Crippen LogP contribution is -2.14. The van der Waals surface area contributed by atoms with E-state index in [1.807, 2.05) is 6.92 Å². The van der Waals surface area contributed by atoms with Gasteiger partial charge in [0.05, 0.1) is 6.61 Å². The standard InChI is InChI=1S/C7H13NO3/c1-3-5-6(8)7(9)11-10-4-2/h5H,3-4,8H2,1-2H3. The molecule has 4 heteroatoms. The Balaban J connectivity index is 3.73. The first-order chi connectivity index (χ1) is 5.22. The summed E-state index contributed by atoms with van der Waals surface area (Å²) in [6, 6.07) is 0. The molecule has 0 aromatic rings. The molecular formula is C7H13NO3. The van der Waals surface area contributed by atoms with Gasteiger partial charge in [-0.3, -0.25) is 4.89 Å². The molecule has 0 aliphatic heterocycles. The van der Waals surface area contributed by atoms with Gasteiger partial charge in [0.25, 0.3) is 0 Å². The van der Waals surface area contributed by atoms with Crippen molar-refractivity contribution in [2.45, 2.75) is 20.3 Å². The third-order valence-corrected chi connectivity index (χ3v) is 0.912. The molecule has 64 valence electrons. The summed E-state index contributed by atoms with van der Waals surface area (Å²) >= 11 is 0. The fraction of sp³-hybridized carbons (Fsp3) is 0.571. The summed E-state index contributed by atoms with van der Waals surface area (Å²) in [5.41, 5.74) is 5.36. The minimum atomic E-state index is -0.631. The molecule has 0 aliphatic rings. The number of carbonyl (C=O) groups is 1. The van der Waals surface area contributed by atoms with Crippen LogP contribution in [0.1, 0.15) is 20.3 Å². The molecule has 0 heterocycles. The van der Waals surface area contributed by atoms with Gasteiger partial charge < -0.3 is 5.73 Å². The average molecular weight is 159 g/mol. The number of hydrogen-bond acceptors (Lipinski definition) is 4. The first-order valence-electron chi connectivity index (χ1n) is 3.51. The maximum absolute atomic E-state index is 10.8. The van der Waals surface area contributed by atoms with Crippen LogP contribution in [-0.4, -0.2) is 12.6 Å². The molecule has 0 saturated heterocycles. The minimum Gasteiger partial charge on any atom is -0.393 e. The van der Waals surface area contributed by atoms with Crippen LogP contribution in [0, 0.1) is 0 Å². The van der Waals surface area contributed by atoms with Crippen LogP contribution >= 0.6 is 0 Å². The highest BCUT2D eigenvalue weighted by Crippen LogP contribution is 1.92. The maximum atomic E-state index is 10.8. The largest absolute Gasteiger partial charge is 0.393 e. The Morgan fingerprint density at radius 3 is 2.64 bits per heavy atom. The van der Waals surface area contributed by atoms with Gasteiger partial charge in [-0.05, 0) is 13.3 Å². The first-order valence-corrected chi connectivity index (χ1v) is 3.51. The molecule has 0 aromatic carbocycles. The van der Waals surface area contributed by atoms with E-state index < -0.39 is 5.97 Å². The third kappa shape index (κ3) is 4.38. The predicted octanol–water partition coefficient (Wildman–Crippen LogP) is 0.734. The molecule has 0 fully saturated rings. The Morgan fingerprint density at radius 1 is 1.55 bits per heavy atom. The molecule has 0 rings (SSSR count). The van der Waals surface area contributed by atoms with Gasteiger partial charge in [0, 0.05) is 0 Å². The second kappa shape index (κ2) is 5.73. The van der Waals surface area contributed by atoms with Crippen LogP contribution in [0.4, 0.5) is 0 Å². The van der Waals surface area contributed by atoms with Crippen LogP contribution in [0.25, 0.3) is 0 Å². The number of hydrogen-bond donors (Lipinski definition) is 1. The molecule has 0 aliphatic carbocycles. The number of rotatable bonds is 4. The van der Waals surface area contributed by atoms with Gasteiger partial charge in [-0.1, -0.05) is 13.0 Å². The van der Waals surface area contributed by atoms with Crippen LogP contribution in [0.3, 0.4) is 0 Å². The van der Waals surface area contributed by atoms with Gasteiger partial charge in [0.15, 0.2) is 0 Å². The van der Waals surface area contributed by atoms with Crippen molar-refractivity contribution in [3.05, 3.63) is 11.8 Å². The Kier molecular flexibility index (Phi) is 5.20. The van der Waals surface area contributed by atoms with E-state index >= 15 is 0 Å². The maximum Gasteiger partial charge on any atom is 0.388 e. The third-order valence-electron chi connectivity index (χ3n) is 0.912. The first kappa shape index (κ1) is 9.97. The molecule has 2 N–H and O–H groups in total. The van der Waals surface area contributed by atoms with Crippen LogP contribution in [0.2, 0.25) is 0 Å². The topological polar surface area (TPSA) is 61.6 Å². The Morgan fingerprint density at radius 2 is 2.18 bits per heavy atom. The van der Waals surface area contributed by atoms with Crippen molar-refractivity contribution in [3.8, 4) is 0 Å². The second-order valence-electron chi connectivity index (χ2n) is 1.85. The van der Waals surface area contributed by atoms with E-state index in [0.29, 0.717) is 13.0 Å². The van der Waals surface area contributed by atoms with Gasteiger partial charge in [-0.2, -0.15) is 4.89 Å². The number of allylic oxidation sites excluding steroid dienone is 1. The van der Waals surface area contributed by atoms with E-state index in [4.69, 9.17) is 5.73 Å². The Hall–Kier alpha value is -1.03. The van der Waals surface area contributed by atoms with Crippen molar-refractivity contribution < 1.29 is 14.6 Å². The molecule has 0 amide bonds. The molecule has 0 radical (unpaired) electrons. The number of nitrogens with two attached hydrogens (primary N) is 1. The molecule has 4 nitrogen and oxygen atoms in total. The summed E-state index contributed by atoms with van der Waals surface area (Å²) < 4.78 is 0. The Labute approximate surface area is 65.9 Å². The van der Waals surface area contributed by atoms with E-state index in [1.54, 1.807) is 13.0 Å². The van der Waals surface area contributed by atoms with Crippen molar-refractivity contribution >= 4 is 5.97 Å². The quantitative estimate of drug-likeness (QED) is 0.373. The molecular weight excluding hydrogens is 146 g/mol. The monoisotopic (exact) mass is 159 g/mol. The van der Waals surface area contributed by atoms with Crippen LogP contribution < -0.4 is 5.73 Å². The zero-order valence-corrected chi connectivity index (χ0v) is 6.79. The molecule has 0 spiro atoms. The van der Waals surface area contributed by atoms with Gasteiger partial charge in [-0.15, -0.1) is 0 Å². The summed E-state index contributed by atoms with van der Waals surface area (Å²) in [6.07, 6.45) is 2.27. The molecule has 11 heavy (non-hydrogen) atoms. The number of carbonyl (C=O) groups excluding carboxylic acids is 1. The average Bonchev–Trinajstić information content (AvgIpc) is 2.00. The summed E-state index contributed by atoms with van der Waals surface area (Å²) in [7, 11) is 0. The fourth-order valence-corrected chi connectivity index (χ4v) is 0.464. The van der Waals surface area contributed by atoms with E-state index in [0.717, 1.165) is 0 Å². The fourth-order valence-electron chi connectivity index (χ4n) is 0.464. The van der Waals surface area contributed by atoms with Gasteiger partial charge in [-0.25, -0.2) is 4.79 Å². The zero-order chi connectivity index (χ0) is 8.69. The molecule has 0 bridgehead atoms. The van der Waals surface area contributed by atoms with E-state index in [1.165, 1.54) is 0 Å². The van der Waals surface area contributed by atoms with Gasteiger partial charge in [0.2, 0.25) is 0 Å².